The van der Waals surface area contributed by atoms with Gasteiger partial charge in [0.25, 0.3) is 0 Å². The van der Waals surface area contributed by atoms with Crippen LogP contribution in [0.15, 0.2) is 21.3 Å². The molecule has 1 aromatic heterocycles. The second-order valence-electron chi connectivity index (χ2n) is 7.17. The Kier molecular flexibility index (Phi) is 4.09. The summed E-state index contributed by atoms with van der Waals surface area (Å²) >= 11 is 0. The number of aryl methyl sites for hydroxylation is 2. The summed E-state index contributed by atoms with van der Waals surface area (Å²) in [7, 11) is 0. The smallest absolute Gasteiger partial charge is 0.336 e. The van der Waals surface area contributed by atoms with Crippen LogP contribution in [-0.2, 0) is 13.0 Å². The molecular formula is C20H25NO3. The first-order valence-electron chi connectivity index (χ1n) is 9.13. The third kappa shape index (κ3) is 2.63. The van der Waals surface area contributed by atoms with Crippen LogP contribution < -0.4 is 10.4 Å². The maximum atomic E-state index is 11.9. The van der Waals surface area contributed by atoms with Crippen molar-refractivity contribution in [2.24, 2.45) is 0 Å². The summed E-state index contributed by atoms with van der Waals surface area (Å²) in [4.78, 5) is 14.4. The highest BCUT2D eigenvalue weighted by Gasteiger charge is 2.28. The minimum Gasteiger partial charge on any atom is -0.477 e. The fraction of sp³-hybridized carbons (Fsp3) is 0.550. The number of hydrogen-bond donors (Lipinski definition) is 0. The average molecular weight is 327 g/mol. The van der Waals surface area contributed by atoms with Crippen molar-refractivity contribution in [1.29, 1.82) is 0 Å². The van der Waals surface area contributed by atoms with Gasteiger partial charge in [-0.05, 0) is 37.8 Å². The van der Waals surface area contributed by atoms with E-state index in [2.05, 4.69) is 17.9 Å². The van der Waals surface area contributed by atoms with E-state index in [1.165, 1.54) is 31.2 Å². The molecule has 1 saturated carbocycles. The van der Waals surface area contributed by atoms with Crippen LogP contribution in [-0.4, -0.2) is 17.7 Å². The van der Waals surface area contributed by atoms with Crippen molar-refractivity contribution in [3.05, 3.63) is 39.2 Å². The zero-order valence-electron chi connectivity index (χ0n) is 14.6. The summed E-state index contributed by atoms with van der Waals surface area (Å²) in [5.74, 6) is 0.911. The second kappa shape index (κ2) is 6.25. The monoisotopic (exact) mass is 327 g/mol. The van der Waals surface area contributed by atoms with Crippen LogP contribution in [0.5, 0.6) is 5.75 Å². The number of fused-ring (bicyclic) bond motifs is 2. The van der Waals surface area contributed by atoms with Crippen molar-refractivity contribution in [2.75, 3.05) is 6.73 Å². The lowest BCUT2D eigenvalue weighted by Gasteiger charge is -2.34. The van der Waals surface area contributed by atoms with Crippen molar-refractivity contribution < 1.29 is 9.15 Å². The Labute approximate surface area is 142 Å². The molecule has 1 aliphatic heterocycles. The van der Waals surface area contributed by atoms with Gasteiger partial charge in [0.05, 0.1) is 0 Å². The second-order valence-corrected chi connectivity index (χ2v) is 7.17. The van der Waals surface area contributed by atoms with Gasteiger partial charge in [-0.25, -0.2) is 4.79 Å². The molecule has 0 unspecified atom stereocenters. The van der Waals surface area contributed by atoms with Gasteiger partial charge in [-0.15, -0.1) is 0 Å². The highest BCUT2D eigenvalue weighted by molar-refractivity contribution is 5.86. The number of nitrogens with zero attached hydrogens (tertiary/aromatic N) is 1. The van der Waals surface area contributed by atoms with Gasteiger partial charge in [0.15, 0.2) is 0 Å². The van der Waals surface area contributed by atoms with Gasteiger partial charge >= 0.3 is 5.63 Å². The highest BCUT2D eigenvalue weighted by atomic mass is 16.5. The third-order valence-electron chi connectivity index (χ3n) is 5.49. The Morgan fingerprint density at radius 3 is 2.79 bits per heavy atom. The van der Waals surface area contributed by atoms with E-state index in [1.54, 1.807) is 6.07 Å². The van der Waals surface area contributed by atoms with Gasteiger partial charge < -0.3 is 9.15 Å². The standard InChI is InChI=1S/C20H25NO3/c1-3-6-14-10-18(22)24-20-13(2)19-15(9-17(14)20)11-21(12-23-19)16-7-4-5-8-16/h9-10,16H,3-8,11-12H2,1-2H3. The lowest BCUT2D eigenvalue weighted by molar-refractivity contribution is 0.0574. The molecule has 0 spiro atoms. The number of ether oxygens (including phenoxy) is 1. The van der Waals surface area contributed by atoms with Gasteiger partial charge in [0.2, 0.25) is 0 Å². The van der Waals surface area contributed by atoms with Crippen LogP contribution in [0.2, 0.25) is 0 Å². The first-order chi connectivity index (χ1) is 11.7. The molecule has 24 heavy (non-hydrogen) atoms. The van der Waals surface area contributed by atoms with E-state index in [0.29, 0.717) is 18.4 Å². The molecule has 0 amide bonds. The van der Waals surface area contributed by atoms with E-state index in [0.717, 1.165) is 41.6 Å². The molecule has 4 rings (SSSR count). The minimum atomic E-state index is -0.266. The van der Waals surface area contributed by atoms with Gasteiger partial charge in [0, 0.05) is 35.2 Å². The number of benzene rings is 1. The molecule has 4 nitrogen and oxygen atoms in total. The lowest BCUT2D eigenvalue weighted by Crippen LogP contribution is -2.39. The normalized spacial score (nSPS) is 18.8. The maximum Gasteiger partial charge on any atom is 0.336 e. The van der Waals surface area contributed by atoms with Crippen molar-refractivity contribution in [2.45, 2.75) is 65.0 Å². The quantitative estimate of drug-likeness (QED) is 0.794. The number of rotatable bonds is 3. The van der Waals surface area contributed by atoms with E-state index in [9.17, 15) is 4.79 Å². The van der Waals surface area contributed by atoms with Gasteiger partial charge in [-0.1, -0.05) is 26.2 Å². The Hall–Kier alpha value is -1.81. The summed E-state index contributed by atoms with van der Waals surface area (Å²) < 4.78 is 11.6. The van der Waals surface area contributed by atoms with Crippen molar-refractivity contribution >= 4 is 11.0 Å². The fourth-order valence-electron chi connectivity index (χ4n) is 4.28. The molecule has 0 atom stereocenters. The van der Waals surface area contributed by atoms with Crippen LogP contribution in [0.1, 0.15) is 55.7 Å². The maximum absolute atomic E-state index is 11.9. The van der Waals surface area contributed by atoms with Gasteiger partial charge in [0.1, 0.15) is 18.1 Å². The van der Waals surface area contributed by atoms with Gasteiger partial charge in [-0.3, -0.25) is 4.90 Å². The summed E-state index contributed by atoms with van der Waals surface area (Å²) in [6.07, 6.45) is 7.13. The molecule has 1 aromatic carbocycles. The van der Waals surface area contributed by atoms with Crippen molar-refractivity contribution in [1.82, 2.24) is 4.90 Å². The zero-order chi connectivity index (χ0) is 16.7. The predicted octanol–water partition coefficient (Wildman–Crippen LogP) is 4.15. The van der Waals surface area contributed by atoms with Crippen LogP contribution in [0.4, 0.5) is 0 Å². The number of hydrogen-bond acceptors (Lipinski definition) is 4. The van der Waals surface area contributed by atoms with Crippen LogP contribution in [0, 0.1) is 6.92 Å². The Morgan fingerprint density at radius 1 is 1.25 bits per heavy atom. The van der Waals surface area contributed by atoms with E-state index in [-0.39, 0.29) is 5.63 Å². The summed E-state index contributed by atoms with van der Waals surface area (Å²) in [6, 6.07) is 4.49. The molecule has 0 saturated heterocycles. The van der Waals surface area contributed by atoms with E-state index < -0.39 is 0 Å². The van der Waals surface area contributed by atoms with Crippen LogP contribution in [0.3, 0.4) is 0 Å². The SMILES string of the molecule is CCCc1cc(=O)oc2c(C)c3c(cc12)CN(C1CCCC1)CO3. The molecule has 2 aliphatic rings. The van der Waals surface area contributed by atoms with Crippen molar-refractivity contribution in [3.63, 3.8) is 0 Å². The highest BCUT2D eigenvalue weighted by Crippen LogP contribution is 2.37. The molecule has 0 bridgehead atoms. The summed E-state index contributed by atoms with van der Waals surface area (Å²) in [6.45, 7) is 5.71. The predicted molar refractivity (Wildman–Crippen MR) is 94.5 cm³/mol. The lowest BCUT2D eigenvalue weighted by atomic mass is 9.98. The molecular weight excluding hydrogens is 302 g/mol. The summed E-state index contributed by atoms with van der Waals surface area (Å²) in [5, 5.41) is 1.07. The average Bonchev–Trinajstić information content (AvgIpc) is 3.10. The first-order valence-corrected chi connectivity index (χ1v) is 9.13. The molecule has 1 fully saturated rings. The van der Waals surface area contributed by atoms with E-state index >= 15 is 0 Å². The Bertz CT molecular complexity index is 818. The van der Waals surface area contributed by atoms with Crippen molar-refractivity contribution in [3.8, 4) is 5.75 Å². The summed E-state index contributed by atoms with van der Waals surface area (Å²) in [5.41, 5.74) is 3.71. The molecule has 2 aromatic rings. The molecule has 0 N–H and O–H groups in total. The topological polar surface area (TPSA) is 42.7 Å². The van der Waals surface area contributed by atoms with Crippen LogP contribution >= 0.6 is 0 Å². The Balaban J connectivity index is 1.80. The largest absolute Gasteiger partial charge is 0.477 e. The zero-order valence-corrected chi connectivity index (χ0v) is 14.6. The minimum absolute atomic E-state index is 0.266. The molecule has 128 valence electrons. The third-order valence-corrected chi connectivity index (χ3v) is 5.49. The van der Waals surface area contributed by atoms with Gasteiger partial charge in [-0.2, -0.15) is 0 Å². The van der Waals surface area contributed by atoms with E-state index in [1.807, 2.05) is 6.92 Å². The first kappa shape index (κ1) is 15.7. The fourth-order valence-corrected chi connectivity index (χ4v) is 4.28. The molecule has 0 radical (unpaired) electrons. The van der Waals surface area contributed by atoms with E-state index in [4.69, 9.17) is 9.15 Å². The molecule has 1 aliphatic carbocycles. The molecule has 2 heterocycles. The van der Waals surface area contributed by atoms with Crippen LogP contribution in [0.25, 0.3) is 11.0 Å². The Morgan fingerprint density at radius 2 is 2.04 bits per heavy atom. The molecule has 4 heteroatoms.